The summed E-state index contributed by atoms with van der Waals surface area (Å²) in [4.78, 5) is 4.18. The number of rotatable bonds is 4. The van der Waals surface area contributed by atoms with Gasteiger partial charge in [-0.05, 0) is 35.7 Å². The summed E-state index contributed by atoms with van der Waals surface area (Å²) in [6.45, 7) is 0. The van der Waals surface area contributed by atoms with Crippen molar-refractivity contribution in [1.82, 2.24) is 4.98 Å². The molecule has 0 bridgehead atoms. The van der Waals surface area contributed by atoms with Crippen LogP contribution in [-0.4, -0.2) is 19.7 Å². The van der Waals surface area contributed by atoms with Crippen LogP contribution in [0, 0.1) is 5.82 Å². The Labute approximate surface area is 130 Å². The van der Waals surface area contributed by atoms with E-state index in [2.05, 4.69) is 9.71 Å². The lowest BCUT2D eigenvalue weighted by Crippen LogP contribution is -2.10. The van der Waals surface area contributed by atoms with E-state index in [-0.39, 0.29) is 17.5 Å². The van der Waals surface area contributed by atoms with Crippen LogP contribution in [0.25, 0.3) is 22.8 Å². The topological polar surface area (TPSA) is 72.2 Å². The molecule has 0 aliphatic carbocycles. The van der Waals surface area contributed by atoms with Gasteiger partial charge in [-0.1, -0.05) is 0 Å². The fourth-order valence-electron chi connectivity index (χ4n) is 1.87. The molecule has 0 amide bonds. The van der Waals surface area contributed by atoms with Gasteiger partial charge in [-0.3, -0.25) is 4.72 Å². The molecule has 0 radical (unpaired) electrons. The van der Waals surface area contributed by atoms with Gasteiger partial charge in [0.2, 0.25) is 15.9 Å². The van der Waals surface area contributed by atoms with Crippen LogP contribution in [0.4, 0.5) is 10.2 Å². The van der Waals surface area contributed by atoms with Crippen molar-refractivity contribution in [2.24, 2.45) is 0 Å². The number of oxazole rings is 1. The van der Waals surface area contributed by atoms with Crippen LogP contribution in [-0.2, 0) is 10.0 Å². The lowest BCUT2D eigenvalue weighted by Gasteiger charge is -2.00. The Kier molecular flexibility index (Phi) is 3.71. The highest BCUT2D eigenvalue weighted by Gasteiger charge is 2.19. The lowest BCUT2D eigenvalue weighted by molar-refractivity contribution is 0.588. The molecule has 0 atom stereocenters. The van der Waals surface area contributed by atoms with E-state index in [1.807, 2.05) is 10.8 Å². The quantitative estimate of drug-likeness (QED) is 0.789. The molecule has 22 heavy (non-hydrogen) atoms. The van der Waals surface area contributed by atoms with E-state index in [4.69, 9.17) is 4.42 Å². The first-order chi connectivity index (χ1) is 10.4. The van der Waals surface area contributed by atoms with Crippen molar-refractivity contribution in [3.05, 3.63) is 46.9 Å². The number of halogens is 1. The summed E-state index contributed by atoms with van der Waals surface area (Å²) in [6, 6.07) is 7.40. The predicted octanol–water partition coefficient (Wildman–Crippen LogP) is 3.58. The van der Waals surface area contributed by atoms with Gasteiger partial charge in [0.1, 0.15) is 5.82 Å². The van der Waals surface area contributed by atoms with Gasteiger partial charge in [0.05, 0.1) is 6.26 Å². The largest absolute Gasteiger partial charge is 0.434 e. The number of anilines is 1. The molecule has 0 aliphatic rings. The number of nitrogens with zero attached hydrogens (tertiary/aromatic N) is 1. The fraction of sp³-hybridized carbons (Fsp3) is 0.0714. The molecular weight excluding hydrogens is 327 g/mol. The molecule has 2 aromatic heterocycles. The third kappa shape index (κ3) is 3.18. The van der Waals surface area contributed by atoms with Gasteiger partial charge in [-0.25, -0.2) is 12.8 Å². The first-order valence-electron chi connectivity index (χ1n) is 6.19. The first-order valence-corrected chi connectivity index (χ1v) is 9.03. The molecule has 8 heteroatoms. The maximum absolute atomic E-state index is 13.0. The minimum Gasteiger partial charge on any atom is -0.434 e. The van der Waals surface area contributed by atoms with Crippen molar-refractivity contribution >= 4 is 27.2 Å². The highest BCUT2D eigenvalue weighted by molar-refractivity contribution is 7.92. The van der Waals surface area contributed by atoms with Crippen LogP contribution >= 0.6 is 11.3 Å². The zero-order valence-electron chi connectivity index (χ0n) is 11.4. The molecule has 1 aromatic carbocycles. The van der Waals surface area contributed by atoms with Crippen molar-refractivity contribution < 1.29 is 17.2 Å². The molecule has 0 spiro atoms. The second-order valence-electron chi connectivity index (χ2n) is 4.59. The molecule has 3 aromatic rings. The van der Waals surface area contributed by atoms with E-state index >= 15 is 0 Å². The fourth-order valence-corrected chi connectivity index (χ4v) is 3.00. The standard InChI is InChI=1S/C14H11FN2O3S2/c1-22(18,19)17-13-12(10-6-7-21-8-10)20-14(16-13)9-2-4-11(15)5-3-9/h2-8,17H,1H3. The number of nitrogens with one attached hydrogen (secondary N) is 1. The summed E-state index contributed by atoms with van der Waals surface area (Å²) in [7, 11) is -3.50. The number of hydrogen-bond donors (Lipinski definition) is 1. The van der Waals surface area contributed by atoms with Crippen molar-refractivity contribution in [1.29, 1.82) is 0 Å². The average Bonchev–Trinajstić information content (AvgIpc) is 3.06. The monoisotopic (exact) mass is 338 g/mol. The van der Waals surface area contributed by atoms with Crippen molar-refractivity contribution in [2.45, 2.75) is 0 Å². The second kappa shape index (κ2) is 5.54. The third-order valence-corrected chi connectivity index (χ3v) is 4.03. The summed E-state index contributed by atoms with van der Waals surface area (Å²) in [5.41, 5.74) is 1.27. The Morgan fingerprint density at radius 2 is 1.91 bits per heavy atom. The molecule has 114 valence electrons. The third-order valence-electron chi connectivity index (χ3n) is 2.78. The average molecular weight is 338 g/mol. The zero-order valence-corrected chi connectivity index (χ0v) is 13.0. The van der Waals surface area contributed by atoms with Crippen LogP contribution in [0.5, 0.6) is 0 Å². The predicted molar refractivity (Wildman–Crippen MR) is 83.7 cm³/mol. The van der Waals surface area contributed by atoms with Gasteiger partial charge < -0.3 is 4.42 Å². The van der Waals surface area contributed by atoms with Crippen LogP contribution in [0.2, 0.25) is 0 Å². The van der Waals surface area contributed by atoms with E-state index in [1.54, 1.807) is 6.07 Å². The summed E-state index contributed by atoms with van der Waals surface area (Å²) < 4.78 is 44.0. The number of sulfonamides is 1. The molecule has 0 aliphatic heterocycles. The van der Waals surface area contributed by atoms with Gasteiger partial charge in [0.15, 0.2) is 11.6 Å². The molecule has 5 nitrogen and oxygen atoms in total. The SMILES string of the molecule is CS(=O)(=O)Nc1nc(-c2ccc(F)cc2)oc1-c1ccsc1. The summed E-state index contributed by atoms with van der Waals surface area (Å²) in [5, 5.41) is 3.67. The molecule has 0 saturated carbocycles. The summed E-state index contributed by atoms with van der Waals surface area (Å²) in [6.07, 6.45) is 1.04. The van der Waals surface area contributed by atoms with Crippen LogP contribution in [0.1, 0.15) is 0 Å². The summed E-state index contributed by atoms with van der Waals surface area (Å²) >= 11 is 1.45. The lowest BCUT2D eigenvalue weighted by atomic mass is 10.2. The number of benzene rings is 1. The van der Waals surface area contributed by atoms with Crippen molar-refractivity contribution in [3.8, 4) is 22.8 Å². The molecule has 0 saturated heterocycles. The summed E-state index contributed by atoms with van der Waals surface area (Å²) in [5.74, 6) is 0.279. The molecule has 3 rings (SSSR count). The molecular formula is C14H11FN2O3S2. The minimum absolute atomic E-state index is 0.111. The Morgan fingerprint density at radius 3 is 2.50 bits per heavy atom. The Hall–Kier alpha value is -2.19. The van der Waals surface area contributed by atoms with Gasteiger partial charge in [0.25, 0.3) is 0 Å². The van der Waals surface area contributed by atoms with E-state index < -0.39 is 10.0 Å². The van der Waals surface area contributed by atoms with Crippen LogP contribution in [0.15, 0.2) is 45.5 Å². The Balaban J connectivity index is 2.10. The number of hydrogen-bond acceptors (Lipinski definition) is 5. The van der Waals surface area contributed by atoms with Crippen LogP contribution in [0.3, 0.4) is 0 Å². The van der Waals surface area contributed by atoms with E-state index in [9.17, 15) is 12.8 Å². The van der Waals surface area contributed by atoms with Gasteiger partial charge in [-0.15, -0.1) is 0 Å². The van der Waals surface area contributed by atoms with Crippen molar-refractivity contribution in [3.63, 3.8) is 0 Å². The van der Waals surface area contributed by atoms with Gasteiger partial charge >= 0.3 is 0 Å². The molecule has 0 fully saturated rings. The minimum atomic E-state index is -3.50. The molecule has 1 N–H and O–H groups in total. The number of aromatic nitrogens is 1. The van der Waals surface area contributed by atoms with E-state index in [1.165, 1.54) is 35.6 Å². The highest BCUT2D eigenvalue weighted by atomic mass is 32.2. The molecule has 0 unspecified atom stereocenters. The maximum atomic E-state index is 13.0. The maximum Gasteiger partial charge on any atom is 0.231 e. The Morgan fingerprint density at radius 1 is 1.18 bits per heavy atom. The van der Waals surface area contributed by atoms with E-state index in [0.29, 0.717) is 11.3 Å². The van der Waals surface area contributed by atoms with Gasteiger partial charge in [-0.2, -0.15) is 16.3 Å². The normalized spacial score (nSPS) is 11.5. The van der Waals surface area contributed by atoms with Crippen LogP contribution < -0.4 is 4.72 Å². The van der Waals surface area contributed by atoms with Gasteiger partial charge in [0, 0.05) is 16.5 Å². The molecule has 2 heterocycles. The van der Waals surface area contributed by atoms with Crippen molar-refractivity contribution in [2.75, 3.05) is 11.0 Å². The zero-order chi connectivity index (χ0) is 15.7. The van der Waals surface area contributed by atoms with E-state index in [0.717, 1.165) is 11.8 Å². The highest BCUT2D eigenvalue weighted by Crippen LogP contribution is 2.34. The smallest absolute Gasteiger partial charge is 0.231 e. The number of thiophene rings is 1. The Bertz CT molecular complexity index is 885. The first kappa shape index (κ1) is 14.7. The second-order valence-corrected chi connectivity index (χ2v) is 7.12.